The van der Waals surface area contributed by atoms with E-state index in [1.165, 1.54) is 0 Å². The molecule has 0 spiro atoms. The number of nitrogens with two attached hydrogens (primary N) is 5. The molecule has 25 nitrogen and oxygen atoms in total. The Morgan fingerprint density at radius 3 is 1.66 bits per heavy atom. The number of aromatic nitrogens is 6. The first-order chi connectivity index (χ1) is 31.7. The summed E-state index contributed by atoms with van der Waals surface area (Å²) in [6.45, 7) is 0.403. The highest BCUT2D eigenvalue weighted by atomic mass is 79.9. The van der Waals surface area contributed by atoms with E-state index < -0.39 is 35.8 Å². The van der Waals surface area contributed by atoms with E-state index in [2.05, 4.69) is 77.7 Å². The molecule has 0 aliphatic heterocycles. The van der Waals surface area contributed by atoms with Gasteiger partial charge in [-0.1, -0.05) is 31.9 Å². The molecule has 0 radical (unpaired) electrons. The normalized spacial score (nSPS) is 11.5. The van der Waals surface area contributed by atoms with Gasteiger partial charge < -0.3 is 89.8 Å². The maximum Gasteiger partial charge on any atom is 0.303 e. The Morgan fingerprint density at radius 1 is 0.746 bits per heavy atom. The minimum Gasteiger partial charge on any atom is -0.481 e. The summed E-state index contributed by atoms with van der Waals surface area (Å²) in [6, 6.07) is 11.8. The number of benzene rings is 2. The predicted octanol–water partition coefficient (Wildman–Crippen LogP) is 2.52. The van der Waals surface area contributed by atoms with E-state index in [1.54, 1.807) is 61.8 Å². The van der Waals surface area contributed by atoms with Gasteiger partial charge in [-0.15, -0.1) is 0 Å². The number of amides is 2. The Hall–Kier alpha value is -7.81. The number of carbonyl (C=O) groups excluding carboxylic acids is 5. The number of alkyl halides is 2. The van der Waals surface area contributed by atoms with Crippen LogP contribution in [0.1, 0.15) is 52.1 Å². The van der Waals surface area contributed by atoms with Crippen LogP contribution >= 0.6 is 31.9 Å². The minimum atomic E-state index is -1.03. The van der Waals surface area contributed by atoms with Gasteiger partial charge in [0.05, 0.1) is 52.7 Å². The first-order valence-electron chi connectivity index (χ1n) is 19.4. The van der Waals surface area contributed by atoms with Crippen molar-refractivity contribution in [2.45, 2.75) is 49.1 Å². The van der Waals surface area contributed by atoms with Crippen molar-refractivity contribution in [3.63, 3.8) is 0 Å². The predicted molar refractivity (Wildman–Crippen MR) is 259 cm³/mol. The van der Waals surface area contributed by atoms with E-state index in [1.807, 2.05) is 11.9 Å². The summed E-state index contributed by atoms with van der Waals surface area (Å²) in [7, 11) is 3.61. The monoisotopic (exact) mass is 1060 g/mol. The number of fused-ring (bicyclic) bond motifs is 1. The van der Waals surface area contributed by atoms with E-state index in [-0.39, 0.29) is 65.5 Å². The van der Waals surface area contributed by atoms with Gasteiger partial charge in [0.15, 0.2) is 17.0 Å². The van der Waals surface area contributed by atoms with E-state index in [4.69, 9.17) is 44.6 Å². The van der Waals surface area contributed by atoms with Gasteiger partial charge in [-0.2, -0.15) is 9.97 Å². The van der Waals surface area contributed by atoms with Crippen LogP contribution in [0.5, 0.6) is 0 Å². The van der Waals surface area contributed by atoms with Crippen LogP contribution in [0, 0.1) is 0 Å². The van der Waals surface area contributed by atoms with E-state index in [0.29, 0.717) is 52.4 Å². The fraction of sp³-hybridized carbons (Fsp3) is 0.275. The van der Waals surface area contributed by atoms with Crippen molar-refractivity contribution >= 4 is 132 Å². The quantitative estimate of drug-likeness (QED) is 0.0445. The molecular weight excluding hydrogens is 1010 g/mol. The fourth-order valence-electron chi connectivity index (χ4n) is 5.00. The topological polar surface area (TPSA) is 431 Å². The lowest BCUT2D eigenvalue weighted by molar-refractivity contribution is -0.138. The third kappa shape index (κ3) is 19.5. The largest absolute Gasteiger partial charge is 0.481 e. The summed E-state index contributed by atoms with van der Waals surface area (Å²) in [5.74, 6) is -2.83. The van der Waals surface area contributed by atoms with Gasteiger partial charge >= 0.3 is 11.9 Å². The van der Waals surface area contributed by atoms with Crippen LogP contribution in [0.15, 0.2) is 54.7 Å². The zero-order valence-corrected chi connectivity index (χ0v) is 39.1. The molecule has 358 valence electrons. The van der Waals surface area contributed by atoms with E-state index in [0.717, 1.165) is 17.7 Å². The third-order valence-corrected chi connectivity index (χ3v) is 10.6. The molecule has 2 aromatic carbocycles. The first kappa shape index (κ1) is 55.3. The smallest absolute Gasteiger partial charge is 0.303 e. The highest BCUT2D eigenvalue weighted by Gasteiger charge is 2.16. The summed E-state index contributed by atoms with van der Waals surface area (Å²) >= 11 is 6.16. The van der Waals surface area contributed by atoms with Crippen molar-refractivity contribution in [2.75, 3.05) is 58.3 Å². The lowest BCUT2D eigenvalue weighted by Crippen LogP contribution is -2.36. The molecule has 2 amide bonds. The molecule has 5 rings (SSSR count). The second-order valence-electron chi connectivity index (χ2n) is 13.6. The first-order valence-corrected chi connectivity index (χ1v) is 21.4. The number of hydrogen-bond acceptors (Lipinski definition) is 20. The van der Waals surface area contributed by atoms with Crippen LogP contribution in [0.2, 0.25) is 0 Å². The molecule has 67 heavy (non-hydrogen) atoms. The standard InChI is InChI=1S/C20H22N8O4.C13H16N2O4.C4H7N6.C3H4Br2O/c1-28(9-13-8-23-18-16(24-13)17(21)26-20(22)27-18)14-5-2-11(3-6-14)19(32)25-12(10-29)4-7-15(30)31;1-14-10-4-2-9(3-5-10)13(19)15-11(8-16)6-7-12(17)18;5-1-2(6)9-4(8)10-3(1)7;4-1-3(5)2-6/h2-3,5-6,8,10,12H,4,7,9H2,1H3,(H,25,32)(H,30,31)(H4,21,22,23,26,27);2-5,8,11,14H,6-7H2,1H3,(H,15,19)(H,17,18);5H2,(H5-,6,7,8,9,10);2-3H,1H2/q;;-1;/t12-;11-;;/m00../s1. The molecule has 0 aliphatic carbocycles. The zero-order valence-electron chi connectivity index (χ0n) is 35.9. The van der Waals surface area contributed by atoms with Crippen LogP contribution in [-0.4, -0.2) is 119 Å². The van der Waals surface area contributed by atoms with Crippen molar-refractivity contribution in [2.24, 2.45) is 0 Å². The zero-order chi connectivity index (χ0) is 50.2. The SMILES string of the molecule is CN(Cc1cnc2nc(N)nc(N)c2n1)c1ccc(C(=O)N[C@H](C=O)CCC(=O)O)cc1.CNc1ccc(C(=O)N[C@H](C=O)CCC(=O)O)cc1.O=CC(Br)CBr.[NH-]c1nc(N)c(N)c(N)n1. The number of nitrogens with one attached hydrogen (secondary N) is 4. The van der Waals surface area contributed by atoms with E-state index >= 15 is 0 Å². The lowest BCUT2D eigenvalue weighted by Gasteiger charge is -2.19. The highest BCUT2D eigenvalue weighted by Crippen LogP contribution is 2.21. The van der Waals surface area contributed by atoms with Gasteiger partial charge in [-0.25, -0.2) is 9.97 Å². The van der Waals surface area contributed by atoms with Crippen molar-refractivity contribution in [3.05, 3.63) is 77.3 Å². The van der Waals surface area contributed by atoms with Crippen LogP contribution in [0.4, 0.5) is 46.4 Å². The maximum atomic E-state index is 12.3. The van der Waals surface area contributed by atoms with Gasteiger partial charge in [-0.3, -0.25) is 19.2 Å². The average molecular weight is 1060 g/mol. The number of halogens is 2. The van der Waals surface area contributed by atoms with E-state index in [9.17, 15) is 33.6 Å². The molecule has 0 bridgehead atoms. The summed E-state index contributed by atoms with van der Waals surface area (Å²) < 4.78 is 0. The molecule has 3 aromatic heterocycles. The van der Waals surface area contributed by atoms with Gasteiger partial charge in [0.2, 0.25) is 5.95 Å². The van der Waals surface area contributed by atoms with Crippen molar-refractivity contribution in [3.8, 4) is 0 Å². The summed E-state index contributed by atoms with van der Waals surface area (Å²) in [5.41, 5.74) is 38.0. The maximum absolute atomic E-state index is 12.3. The summed E-state index contributed by atoms with van der Waals surface area (Å²) in [5, 5.41) is 25.9. The number of carbonyl (C=O) groups is 7. The van der Waals surface area contributed by atoms with Crippen molar-refractivity contribution in [1.82, 2.24) is 40.5 Å². The number of nitrogens with zero attached hydrogens (tertiary/aromatic N) is 7. The second-order valence-corrected chi connectivity index (χ2v) is 15.4. The number of aldehydes is 3. The number of nitrogen functional groups attached to an aromatic ring is 5. The molecule has 16 N–H and O–H groups in total. The number of rotatable bonds is 18. The Labute approximate surface area is 399 Å². The molecule has 3 atom stereocenters. The van der Waals surface area contributed by atoms with Gasteiger partial charge in [0, 0.05) is 60.7 Å². The number of anilines is 7. The Morgan fingerprint density at radius 2 is 1.24 bits per heavy atom. The Balaban J connectivity index is 0.000000368. The second kappa shape index (κ2) is 28.2. The number of carboxylic acids is 2. The average Bonchev–Trinajstić information content (AvgIpc) is 3.31. The minimum absolute atomic E-state index is 0.0162. The van der Waals surface area contributed by atoms with Gasteiger partial charge in [0.25, 0.3) is 11.8 Å². The van der Waals surface area contributed by atoms with Crippen LogP contribution in [0.3, 0.4) is 0 Å². The molecule has 0 fully saturated rings. The Kier molecular flexibility index (Phi) is 23.3. The molecule has 3 heterocycles. The Bertz CT molecular complexity index is 2450. The molecule has 0 saturated heterocycles. The fourth-order valence-corrected chi connectivity index (χ4v) is 5.15. The van der Waals surface area contributed by atoms with Gasteiger partial charge in [0.1, 0.15) is 18.9 Å². The van der Waals surface area contributed by atoms with Crippen molar-refractivity contribution < 1.29 is 43.8 Å². The molecular formula is C40H49Br2N16O9-. The van der Waals surface area contributed by atoms with Crippen LogP contribution in [-0.2, 0) is 30.5 Å². The third-order valence-electron chi connectivity index (χ3n) is 8.51. The molecule has 0 saturated carbocycles. The molecule has 27 heteroatoms. The number of hydrogen-bond donors (Lipinski definition) is 10. The van der Waals surface area contributed by atoms with Gasteiger partial charge in [-0.05, 0) is 61.4 Å². The molecule has 0 aliphatic rings. The van der Waals surface area contributed by atoms with Crippen LogP contribution < -0.4 is 49.5 Å². The lowest BCUT2D eigenvalue weighted by atomic mass is 10.1. The highest BCUT2D eigenvalue weighted by molar-refractivity contribution is 9.12. The summed E-state index contributed by atoms with van der Waals surface area (Å²) in [4.78, 5) is 102. The van der Waals surface area contributed by atoms with Crippen molar-refractivity contribution in [1.29, 1.82) is 0 Å². The summed E-state index contributed by atoms with van der Waals surface area (Å²) in [6.07, 6.45) is 3.22. The van der Waals surface area contributed by atoms with Crippen LogP contribution in [0.25, 0.3) is 16.9 Å². The molecule has 5 aromatic rings. The number of aliphatic carboxylic acids is 2. The molecule has 1 unspecified atom stereocenters. The number of carboxylic acid groups (broad SMARTS) is 2.